The minimum Gasteiger partial charge on any atom is -0.342 e. The molecule has 0 radical (unpaired) electrons. The SMILES string of the molecule is O=C(CN1CCN(C(=O)c2cccc([N+](=O)[O-])c2)CC1)N1CCCCCC1. The summed E-state index contributed by atoms with van der Waals surface area (Å²) in [6, 6.07) is 5.83. The maximum Gasteiger partial charge on any atom is 0.270 e. The van der Waals surface area contributed by atoms with E-state index in [0.717, 1.165) is 25.9 Å². The van der Waals surface area contributed by atoms with E-state index in [9.17, 15) is 19.7 Å². The lowest BCUT2D eigenvalue weighted by molar-refractivity contribution is -0.384. The Labute approximate surface area is 158 Å². The molecule has 2 fully saturated rings. The Morgan fingerprint density at radius 3 is 2.22 bits per heavy atom. The molecule has 8 nitrogen and oxygen atoms in total. The van der Waals surface area contributed by atoms with E-state index in [-0.39, 0.29) is 17.5 Å². The van der Waals surface area contributed by atoms with Gasteiger partial charge in [0.15, 0.2) is 0 Å². The van der Waals surface area contributed by atoms with Crippen LogP contribution in [-0.2, 0) is 4.79 Å². The molecule has 0 bridgehead atoms. The predicted molar refractivity (Wildman–Crippen MR) is 100 cm³/mol. The number of benzene rings is 1. The molecule has 0 aliphatic carbocycles. The minimum atomic E-state index is -0.497. The van der Waals surface area contributed by atoms with Crippen LogP contribution < -0.4 is 0 Å². The van der Waals surface area contributed by atoms with Crippen molar-refractivity contribution in [2.24, 2.45) is 0 Å². The number of nitrogens with zero attached hydrogens (tertiary/aromatic N) is 4. The van der Waals surface area contributed by atoms with Gasteiger partial charge in [0.1, 0.15) is 0 Å². The second-order valence-electron chi connectivity index (χ2n) is 7.17. The Balaban J connectivity index is 1.51. The lowest BCUT2D eigenvalue weighted by Crippen LogP contribution is -2.51. The largest absolute Gasteiger partial charge is 0.342 e. The molecule has 8 heteroatoms. The molecule has 0 saturated carbocycles. The fourth-order valence-electron chi connectivity index (χ4n) is 3.66. The maximum atomic E-state index is 12.6. The van der Waals surface area contributed by atoms with Crippen molar-refractivity contribution in [3.8, 4) is 0 Å². The highest BCUT2D eigenvalue weighted by atomic mass is 16.6. The first-order chi connectivity index (χ1) is 13.0. The number of carbonyl (C=O) groups is 2. The Morgan fingerprint density at radius 2 is 1.59 bits per heavy atom. The van der Waals surface area contributed by atoms with Crippen LogP contribution in [0.4, 0.5) is 5.69 Å². The molecule has 3 rings (SSSR count). The zero-order valence-corrected chi connectivity index (χ0v) is 15.5. The van der Waals surface area contributed by atoms with Crippen LogP contribution in [0.25, 0.3) is 0 Å². The Hall–Kier alpha value is -2.48. The van der Waals surface area contributed by atoms with Crippen LogP contribution in [0.15, 0.2) is 24.3 Å². The standard InChI is InChI=1S/C19H26N4O4/c24-18(21-8-3-1-2-4-9-21)15-20-10-12-22(13-11-20)19(25)16-6-5-7-17(14-16)23(26)27/h5-7,14H,1-4,8-13,15H2. The molecule has 27 heavy (non-hydrogen) atoms. The van der Waals surface area contributed by atoms with Crippen LogP contribution in [0.5, 0.6) is 0 Å². The molecule has 1 aromatic carbocycles. The monoisotopic (exact) mass is 374 g/mol. The van der Waals surface area contributed by atoms with Crippen LogP contribution >= 0.6 is 0 Å². The molecule has 0 atom stereocenters. The second-order valence-corrected chi connectivity index (χ2v) is 7.17. The number of amides is 2. The second kappa shape index (κ2) is 8.94. The molecule has 0 spiro atoms. The van der Waals surface area contributed by atoms with Crippen molar-refractivity contribution in [1.29, 1.82) is 0 Å². The summed E-state index contributed by atoms with van der Waals surface area (Å²) in [5.74, 6) is -0.0208. The summed E-state index contributed by atoms with van der Waals surface area (Å²) in [5, 5.41) is 10.9. The van der Waals surface area contributed by atoms with Gasteiger partial charge in [0, 0.05) is 57.0 Å². The Bertz CT molecular complexity index is 693. The molecule has 2 aliphatic heterocycles. The molecule has 0 unspecified atom stereocenters. The van der Waals surface area contributed by atoms with Crippen molar-refractivity contribution in [3.63, 3.8) is 0 Å². The third-order valence-electron chi connectivity index (χ3n) is 5.28. The molecule has 1 aromatic rings. The van der Waals surface area contributed by atoms with Crippen LogP contribution in [0, 0.1) is 10.1 Å². The number of nitro benzene ring substituents is 1. The maximum absolute atomic E-state index is 12.6. The number of nitro groups is 1. The summed E-state index contributed by atoms with van der Waals surface area (Å²) >= 11 is 0. The smallest absolute Gasteiger partial charge is 0.270 e. The van der Waals surface area contributed by atoms with Crippen LogP contribution in [0.3, 0.4) is 0 Å². The molecule has 0 aromatic heterocycles. The van der Waals surface area contributed by atoms with Crippen molar-refractivity contribution in [3.05, 3.63) is 39.9 Å². The van der Waals surface area contributed by atoms with Crippen molar-refractivity contribution in [2.75, 3.05) is 45.8 Å². The summed E-state index contributed by atoms with van der Waals surface area (Å²) in [5.41, 5.74) is 0.251. The Morgan fingerprint density at radius 1 is 0.926 bits per heavy atom. The van der Waals surface area contributed by atoms with Crippen LogP contribution in [0.2, 0.25) is 0 Å². The number of hydrogen-bond acceptors (Lipinski definition) is 5. The van der Waals surface area contributed by atoms with Gasteiger partial charge in [0.2, 0.25) is 5.91 Å². The number of non-ortho nitro benzene ring substituents is 1. The molecule has 2 heterocycles. The summed E-state index contributed by atoms with van der Waals surface area (Å²) < 4.78 is 0. The van der Waals surface area contributed by atoms with Gasteiger partial charge in [-0.1, -0.05) is 18.9 Å². The first-order valence-corrected chi connectivity index (χ1v) is 9.58. The van der Waals surface area contributed by atoms with E-state index in [1.54, 1.807) is 11.0 Å². The fourth-order valence-corrected chi connectivity index (χ4v) is 3.66. The van der Waals surface area contributed by atoms with Gasteiger partial charge in [0.25, 0.3) is 11.6 Å². The molecular formula is C19H26N4O4. The van der Waals surface area contributed by atoms with Gasteiger partial charge in [-0.2, -0.15) is 0 Å². The van der Waals surface area contributed by atoms with E-state index in [0.29, 0.717) is 38.3 Å². The molecule has 2 aliphatic rings. The van der Waals surface area contributed by atoms with Gasteiger partial charge < -0.3 is 9.80 Å². The zero-order valence-electron chi connectivity index (χ0n) is 15.5. The summed E-state index contributed by atoms with van der Waals surface area (Å²) in [7, 11) is 0. The van der Waals surface area contributed by atoms with Crippen molar-refractivity contribution < 1.29 is 14.5 Å². The van der Waals surface area contributed by atoms with E-state index < -0.39 is 4.92 Å². The zero-order chi connectivity index (χ0) is 19.2. The van der Waals surface area contributed by atoms with E-state index in [4.69, 9.17) is 0 Å². The number of likely N-dealkylation sites (tertiary alicyclic amines) is 1. The Kier molecular flexibility index (Phi) is 6.39. The van der Waals surface area contributed by atoms with Crippen molar-refractivity contribution in [1.82, 2.24) is 14.7 Å². The van der Waals surface area contributed by atoms with Crippen LogP contribution in [0.1, 0.15) is 36.0 Å². The first kappa shape index (κ1) is 19.3. The number of carbonyl (C=O) groups excluding carboxylic acids is 2. The summed E-state index contributed by atoms with van der Waals surface area (Å²) in [4.78, 5) is 41.2. The van der Waals surface area contributed by atoms with Gasteiger partial charge in [0.05, 0.1) is 11.5 Å². The summed E-state index contributed by atoms with van der Waals surface area (Å²) in [6.45, 7) is 4.43. The van der Waals surface area contributed by atoms with E-state index in [1.807, 2.05) is 4.90 Å². The van der Waals surface area contributed by atoms with Gasteiger partial charge in [-0.25, -0.2) is 0 Å². The first-order valence-electron chi connectivity index (χ1n) is 9.58. The highest BCUT2D eigenvalue weighted by molar-refractivity contribution is 5.95. The number of piperazine rings is 1. The minimum absolute atomic E-state index is 0.0810. The molecule has 146 valence electrons. The van der Waals surface area contributed by atoms with E-state index in [2.05, 4.69) is 4.90 Å². The number of rotatable bonds is 4. The quantitative estimate of drug-likeness (QED) is 0.592. The predicted octanol–water partition coefficient (Wildman–Crippen LogP) is 1.76. The lowest BCUT2D eigenvalue weighted by atomic mass is 10.1. The third kappa shape index (κ3) is 5.03. The van der Waals surface area contributed by atoms with Gasteiger partial charge in [-0.05, 0) is 18.9 Å². The number of hydrogen-bond donors (Lipinski definition) is 0. The average Bonchev–Trinajstić information content (AvgIpc) is 2.98. The molecule has 0 N–H and O–H groups in total. The van der Waals surface area contributed by atoms with E-state index in [1.165, 1.54) is 31.0 Å². The highest BCUT2D eigenvalue weighted by Crippen LogP contribution is 2.16. The molecule has 2 amide bonds. The lowest BCUT2D eigenvalue weighted by Gasteiger charge is -2.35. The summed E-state index contributed by atoms with van der Waals surface area (Å²) in [6.07, 6.45) is 4.55. The van der Waals surface area contributed by atoms with Crippen LogP contribution in [-0.4, -0.2) is 77.3 Å². The van der Waals surface area contributed by atoms with Gasteiger partial charge in [-0.15, -0.1) is 0 Å². The topological polar surface area (TPSA) is 87.0 Å². The fraction of sp³-hybridized carbons (Fsp3) is 0.579. The van der Waals surface area contributed by atoms with Crippen molar-refractivity contribution in [2.45, 2.75) is 25.7 Å². The third-order valence-corrected chi connectivity index (χ3v) is 5.28. The van der Waals surface area contributed by atoms with Crippen molar-refractivity contribution >= 4 is 17.5 Å². The molecular weight excluding hydrogens is 348 g/mol. The highest BCUT2D eigenvalue weighted by Gasteiger charge is 2.25. The normalized spacial score (nSPS) is 18.8. The average molecular weight is 374 g/mol. The van der Waals surface area contributed by atoms with E-state index >= 15 is 0 Å². The molecule has 2 saturated heterocycles. The van der Waals surface area contributed by atoms with Gasteiger partial charge >= 0.3 is 0 Å². The van der Waals surface area contributed by atoms with Gasteiger partial charge in [-0.3, -0.25) is 24.6 Å².